The predicted octanol–water partition coefficient (Wildman–Crippen LogP) is 0.879. The minimum absolute atomic E-state index is 0.372. The highest BCUT2D eigenvalue weighted by Crippen LogP contribution is 2.34. The number of H-pyrrole nitrogens is 1. The van der Waals surface area contributed by atoms with Crippen LogP contribution in [0.25, 0.3) is 5.57 Å². The van der Waals surface area contributed by atoms with Crippen LogP contribution in [0.4, 0.5) is 8.78 Å². The number of sulfonamides is 1. The summed E-state index contributed by atoms with van der Waals surface area (Å²) in [6.07, 6.45) is 4.92. The van der Waals surface area contributed by atoms with E-state index in [0.717, 1.165) is 0 Å². The number of aromatic nitrogens is 2. The van der Waals surface area contributed by atoms with Crippen LogP contribution in [0.2, 0.25) is 0 Å². The Hall–Kier alpha value is -3.05. The Bertz CT molecular complexity index is 1230. The number of aliphatic imine (C=N–C) groups is 1. The fourth-order valence-corrected chi connectivity index (χ4v) is 3.78. The van der Waals surface area contributed by atoms with Gasteiger partial charge in [-0.2, -0.15) is 0 Å². The van der Waals surface area contributed by atoms with Gasteiger partial charge < -0.3 is 9.72 Å². The van der Waals surface area contributed by atoms with Crippen LogP contribution in [0.1, 0.15) is 17.0 Å². The van der Waals surface area contributed by atoms with E-state index in [1.165, 1.54) is 17.9 Å². The molecule has 0 spiro atoms. The highest BCUT2D eigenvalue weighted by atomic mass is 32.2. The van der Waals surface area contributed by atoms with E-state index in [1.807, 2.05) is 0 Å². The molecule has 2 aromatic rings. The van der Waals surface area contributed by atoms with Crippen molar-refractivity contribution in [2.45, 2.75) is 17.5 Å². The molecule has 0 amide bonds. The number of rotatable bonds is 4. The molecule has 1 atom stereocenters. The average molecular weight is 408 g/mol. The van der Waals surface area contributed by atoms with Crippen molar-refractivity contribution in [1.29, 1.82) is 0 Å². The Morgan fingerprint density at radius 3 is 2.61 bits per heavy atom. The second-order valence-corrected chi connectivity index (χ2v) is 7.85. The first-order chi connectivity index (χ1) is 13.2. The number of benzene rings is 1. The molecule has 0 bridgehead atoms. The Morgan fingerprint density at radius 2 is 2.00 bits per heavy atom. The molecule has 1 aromatic heterocycles. The summed E-state index contributed by atoms with van der Waals surface area (Å²) in [7, 11) is -2.78. The molecule has 8 nitrogen and oxygen atoms in total. The Kier molecular flexibility index (Phi) is 4.08. The third kappa shape index (κ3) is 2.88. The molecule has 146 valence electrons. The van der Waals surface area contributed by atoms with Gasteiger partial charge in [-0.3, -0.25) is 9.56 Å². The predicted molar refractivity (Wildman–Crippen MR) is 96.3 cm³/mol. The molecular weight excluding hydrogens is 394 g/mol. The molecule has 11 heteroatoms. The van der Waals surface area contributed by atoms with E-state index < -0.39 is 44.4 Å². The summed E-state index contributed by atoms with van der Waals surface area (Å²) >= 11 is 0. The first-order valence-corrected chi connectivity index (χ1v) is 9.58. The first-order valence-electron chi connectivity index (χ1n) is 8.03. The van der Waals surface area contributed by atoms with E-state index in [4.69, 9.17) is 9.88 Å². The van der Waals surface area contributed by atoms with E-state index in [2.05, 4.69) is 9.98 Å². The zero-order chi connectivity index (χ0) is 20.2. The number of allylic oxidation sites excluding steroid dienone is 1. The topological polar surface area (TPSA) is 120 Å². The summed E-state index contributed by atoms with van der Waals surface area (Å²) in [5.41, 5.74) is 0.435. The summed E-state index contributed by atoms with van der Waals surface area (Å²) < 4.78 is 57.9. The standard InChI is InChI=1S/C17H14F2N4O4S/c1-27-8-2-10-14(3-8)21-6-15-16(10)23(17(24)22-15)7-11-12(18)4-9(5-13(11)19)28(20,25)26/h2-6,14H,7H2,1H3,(H,22,24)(H2,20,25,26). The van der Waals surface area contributed by atoms with Crippen LogP contribution in [0.5, 0.6) is 0 Å². The van der Waals surface area contributed by atoms with Crippen molar-refractivity contribution in [1.82, 2.24) is 9.55 Å². The molecule has 2 heterocycles. The van der Waals surface area contributed by atoms with Gasteiger partial charge in [0.15, 0.2) is 0 Å². The van der Waals surface area contributed by atoms with Gasteiger partial charge in [0.1, 0.15) is 17.4 Å². The lowest BCUT2D eigenvalue weighted by Gasteiger charge is -2.17. The lowest BCUT2D eigenvalue weighted by molar-refractivity contribution is 0.307. The highest BCUT2D eigenvalue weighted by Gasteiger charge is 2.30. The van der Waals surface area contributed by atoms with Gasteiger partial charge in [0.2, 0.25) is 10.0 Å². The number of methoxy groups -OCH3 is 1. The number of nitrogens with one attached hydrogen (secondary N) is 1. The third-order valence-electron chi connectivity index (χ3n) is 4.58. The van der Waals surface area contributed by atoms with Crippen LogP contribution in [-0.4, -0.2) is 37.3 Å². The molecule has 4 rings (SSSR count). The van der Waals surface area contributed by atoms with Gasteiger partial charge in [-0.1, -0.05) is 0 Å². The lowest BCUT2D eigenvalue weighted by Crippen LogP contribution is -2.22. The van der Waals surface area contributed by atoms with Crippen molar-refractivity contribution in [3.63, 3.8) is 0 Å². The van der Waals surface area contributed by atoms with Gasteiger partial charge in [-0.25, -0.2) is 27.1 Å². The molecule has 0 saturated heterocycles. The quantitative estimate of drug-likeness (QED) is 0.780. The van der Waals surface area contributed by atoms with E-state index in [-0.39, 0.29) is 6.04 Å². The van der Waals surface area contributed by atoms with Gasteiger partial charge >= 0.3 is 5.69 Å². The number of aromatic amines is 1. The van der Waals surface area contributed by atoms with Crippen LogP contribution in [0.15, 0.2) is 44.7 Å². The largest absolute Gasteiger partial charge is 0.497 e. The van der Waals surface area contributed by atoms with Crippen molar-refractivity contribution in [3.05, 3.63) is 69.1 Å². The second kappa shape index (κ2) is 6.24. The number of nitrogens with zero attached hydrogens (tertiary/aromatic N) is 2. The van der Waals surface area contributed by atoms with Crippen molar-refractivity contribution >= 4 is 21.8 Å². The third-order valence-corrected chi connectivity index (χ3v) is 5.48. The number of halogens is 2. The number of imidazole rings is 1. The molecule has 28 heavy (non-hydrogen) atoms. The molecule has 0 fully saturated rings. The number of hydrogen-bond donors (Lipinski definition) is 2. The number of fused-ring (bicyclic) bond motifs is 3. The van der Waals surface area contributed by atoms with E-state index in [1.54, 1.807) is 12.2 Å². The second-order valence-electron chi connectivity index (χ2n) is 6.28. The van der Waals surface area contributed by atoms with Crippen LogP contribution in [0, 0.1) is 11.6 Å². The Morgan fingerprint density at radius 1 is 1.32 bits per heavy atom. The van der Waals surface area contributed by atoms with Crippen LogP contribution >= 0.6 is 0 Å². The van der Waals surface area contributed by atoms with Gasteiger partial charge in [0, 0.05) is 17.4 Å². The van der Waals surface area contributed by atoms with Gasteiger partial charge in [-0.05, 0) is 24.3 Å². The monoisotopic (exact) mass is 408 g/mol. The van der Waals surface area contributed by atoms with Crippen molar-refractivity contribution in [2.75, 3.05) is 7.11 Å². The highest BCUT2D eigenvalue weighted by molar-refractivity contribution is 7.89. The molecule has 3 N–H and O–H groups in total. The van der Waals surface area contributed by atoms with E-state index in [0.29, 0.717) is 34.9 Å². The Labute approximate surface area is 157 Å². The smallest absolute Gasteiger partial charge is 0.326 e. The lowest BCUT2D eigenvalue weighted by atomic mass is 10.0. The van der Waals surface area contributed by atoms with Crippen LogP contribution < -0.4 is 10.8 Å². The van der Waals surface area contributed by atoms with Crippen molar-refractivity contribution < 1.29 is 21.9 Å². The van der Waals surface area contributed by atoms with Gasteiger partial charge in [-0.15, -0.1) is 0 Å². The van der Waals surface area contributed by atoms with Crippen LogP contribution in [0.3, 0.4) is 0 Å². The van der Waals surface area contributed by atoms with Crippen LogP contribution in [-0.2, 0) is 21.3 Å². The molecule has 1 aliphatic carbocycles. The summed E-state index contributed by atoms with van der Waals surface area (Å²) in [4.78, 5) is 18.6. The number of ether oxygens (including phenoxy) is 1. The van der Waals surface area contributed by atoms with Crippen molar-refractivity contribution in [2.24, 2.45) is 10.1 Å². The minimum Gasteiger partial charge on any atom is -0.497 e. The maximum absolute atomic E-state index is 14.4. The van der Waals surface area contributed by atoms with Gasteiger partial charge in [0.25, 0.3) is 0 Å². The number of hydrogen-bond acceptors (Lipinski definition) is 5. The normalized spacial score (nSPS) is 17.8. The molecule has 0 saturated carbocycles. The zero-order valence-electron chi connectivity index (χ0n) is 14.4. The fraction of sp³-hybridized carbons (Fsp3) is 0.176. The maximum Gasteiger partial charge on any atom is 0.326 e. The molecular formula is C17H14F2N4O4S. The molecule has 0 radical (unpaired) electrons. The van der Waals surface area contributed by atoms with Crippen molar-refractivity contribution in [3.8, 4) is 0 Å². The summed E-state index contributed by atoms with van der Waals surface area (Å²) in [6.45, 7) is -0.451. The number of primary sulfonamides is 1. The number of nitrogens with two attached hydrogens (primary N) is 1. The minimum atomic E-state index is -4.27. The zero-order valence-corrected chi connectivity index (χ0v) is 15.3. The first kappa shape index (κ1) is 18.3. The Balaban J connectivity index is 1.81. The summed E-state index contributed by atoms with van der Waals surface area (Å²) in [6, 6.07) is 0.881. The summed E-state index contributed by atoms with van der Waals surface area (Å²) in [5, 5.41) is 4.92. The molecule has 1 aliphatic heterocycles. The van der Waals surface area contributed by atoms with E-state index in [9.17, 15) is 22.0 Å². The average Bonchev–Trinajstić information content (AvgIpc) is 3.17. The molecule has 1 unspecified atom stereocenters. The summed E-state index contributed by atoms with van der Waals surface area (Å²) in [5.74, 6) is -1.69. The van der Waals surface area contributed by atoms with E-state index >= 15 is 0 Å². The van der Waals surface area contributed by atoms with Gasteiger partial charge in [0.05, 0.1) is 36.0 Å². The SMILES string of the molecule is COC1=CC2N=Cc3[nH]c(=O)n(Cc4c(F)cc(S(N)(=O)=O)cc4F)c3C2=C1. The maximum atomic E-state index is 14.4. The fourth-order valence-electron chi connectivity index (χ4n) is 3.24. The molecule has 1 aromatic carbocycles. The molecule has 2 aliphatic rings.